The number of ether oxygens (including phenoxy) is 1. The maximum absolute atomic E-state index is 13.8. The minimum absolute atomic E-state index is 0.0245. The molecule has 2 aromatic carbocycles. The smallest absolute Gasteiger partial charge is 0.374 e. The van der Waals surface area contributed by atoms with Gasteiger partial charge in [-0.1, -0.05) is 31.7 Å². The van der Waals surface area contributed by atoms with E-state index < -0.39 is 65.4 Å². The summed E-state index contributed by atoms with van der Waals surface area (Å²) in [4.78, 5) is 1.03. The van der Waals surface area contributed by atoms with E-state index >= 15 is 0 Å². The number of nitrogens with zero attached hydrogens (tertiary/aromatic N) is 3. The Morgan fingerprint density at radius 3 is 1.91 bits per heavy atom. The molecule has 1 aliphatic carbocycles. The summed E-state index contributed by atoms with van der Waals surface area (Å²) in [5.41, 5.74) is 4.63. The van der Waals surface area contributed by atoms with Gasteiger partial charge >= 0.3 is 18.5 Å². The van der Waals surface area contributed by atoms with E-state index in [0.717, 1.165) is 42.7 Å². The van der Waals surface area contributed by atoms with Gasteiger partial charge in [0.25, 0.3) is 5.96 Å². The van der Waals surface area contributed by atoms with Gasteiger partial charge in [-0.15, -0.1) is 10.2 Å². The van der Waals surface area contributed by atoms with Crippen molar-refractivity contribution in [3.8, 4) is 0 Å². The van der Waals surface area contributed by atoms with Crippen molar-refractivity contribution in [2.45, 2.75) is 76.2 Å². The van der Waals surface area contributed by atoms with Crippen LogP contribution in [0.15, 0.2) is 46.6 Å². The molecule has 3 rings (SSSR count). The first-order chi connectivity index (χ1) is 19.9. The van der Waals surface area contributed by atoms with Crippen LogP contribution in [-0.2, 0) is 42.0 Å². The quantitative estimate of drug-likeness (QED) is 0.0963. The predicted octanol–water partition coefficient (Wildman–Crippen LogP) is 8.71. The van der Waals surface area contributed by atoms with Crippen molar-refractivity contribution >= 4 is 5.96 Å². The average molecular weight is 626 g/mol. The second kappa shape index (κ2) is 13.1. The van der Waals surface area contributed by atoms with Crippen LogP contribution in [0.5, 0.6) is 0 Å². The molecule has 0 aliphatic heterocycles. The van der Waals surface area contributed by atoms with E-state index in [-0.39, 0.29) is 17.5 Å². The van der Waals surface area contributed by atoms with Crippen molar-refractivity contribution in [2.75, 3.05) is 14.2 Å². The number of hydrazone groups is 1. The number of hydrogen-bond donors (Lipinski definition) is 2. The van der Waals surface area contributed by atoms with Crippen molar-refractivity contribution in [1.82, 2.24) is 10.3 Å². The Hall–Kier alpha value is -3.36. The number of nitrogens with one attached hydrogen (secondary N) is 2. The van der Waals surface area contributed by atoms with Crippen LogP contribution in [0.3, 0.4) is 0 Å². The Kier molecular flexibility index (Phi) is 10.4. The molecule has 1 atom stereocenters. The van der Waals surface area contributed by atoms with Gasteiger partial charge < -0.3 is 15.1 Å². The first-order valence-corrected chi connectivity index (χ1v) is 13.3. The summed E-state index contributed by atoms with van der Waals surface area (Å²) in [5.74, 6) is -0.238. The third-order valence-electron chi connectivity index (χ3n) is 7.58. The van der Waals surface area contributed by atoms with E-state index in [4.69, 9.17) is 10.3 Å². The third kappa shape index (κ3) is 8.61. The molecule has 0 aromatic heterocycles. The summed E-state index contributed by atoms with van der Waals surface area (Å²) in [6.45, 7) is 0.531. The molecular weight excluding hydrogens is 593 g/mol. The molecular formula is C28H32F9N5O. The van der Waals surface area contributed by atoms with Gasteiger partial charge in [-0.3, -0.25) is 0 Å². The molecule has 0 radical (unpaired) electrons. The highest BCUT2D eigenvalue weighted by molar-refractivity contribution is 5.79. The number of benzene rings is 2. The molecule has 1 fully saturated rings. The van der Waals surface area contributed by atoms with E-state index in [1.165, 1.54) is 20.2 Å². The van der Waals surface area contributed by atoms with Crippen molar-refractivity contribution in [3.63, 3.8) is 0 Å². The molecule has 1 unspecified atom stereocenters. The van der Waals surface area contributed by atoms with E-state index in [2.05, 4.69) is 15.6 Å². The lowest BCUT2D eigenvalue weighted by Crippen LogP contribution is -2.34. The molecule has 0 bridgehead atoms. The van der Waals surface area contributed by atoms with Gasteiger partial charge in [0.05, 0.1) is 22.3 Å². The first-order valence-electron chi connectivity index (χ1n) is 13.3. The third-order valence-corrected chi connectivity index (χ3v) is 7.58. The zero-order valence-corrected chi connectivity index (χ0v) is 23.6. The molecule has 0 amide bonds. The van der Waals surface area contributed by atoms with Gasteiger partial charge in [0.2, 0.25) is 0 Å². The molecule has 43 heavy (non-hydrogen) atoms. The van der Waals surface area contributed by atoms with E-state index in [0.29, 0.717) is 24.1 Å². The molecule has 238 valence electrons. The Morgan fingerprint density at radius 2 is 1.44 bits per heavy atom. The molecule has 0 saturated heterocycles. The zero-order valence-electron chi connectivity index (χ0n) is 23.6. The Morgan fingerprint density at radius 1 is 0.884 bits per heavy atom. The number of hydrogen-bond acceptors (Lipinski definition) is 4. The first kappa shape index (κ1) is 34.1. The standard InChI is InChI=1S/C28H32F9N5O/c1-25(43-3,14-17-6-4-5-7-17)23-9-8-20(26(29,30)31)12-19(23)16-42(24(40-38)41-39-2)15-18-10-21(27(32,33)34)13-22(11-18)28(35,36)37/h8-13,17,38-39H,4-7,14-16H2,1-3H3/b40-38?,41-24+. The SMILES string of the molecule is CN/N=C(\N=N)N(Cc1cc(C(F)(F)F)cc(C(F)(F)F)c1)Cc1cc(C(F)(F)F)ccc1C(C)(CC1CCCC1)OC. The van der Waals surface area contributed by atoms with Crippen LogP contribution in [0.2, 0.25) is 0 Å². The van der Waals surface area contributed by atoms with Crippen LogP contribution in [-0.4, -0.2) is 25.0 Å². The largest absolute Gasteiger partial charge is 0.416 e. The number of guanidine groups is 1. The van der Waals surface area contributed by atoms with Crippen LogP contribution in [0.1, 0.15) is 72.4 Å². The van der Waals surface area contributed by atoms with Gasteiger partial charge in [-0.2, -0.15) is 39.5 Å². The summed E-state index contributed by atoms with van der Waals surface area (Å²) in [7, 11) is 2.73. The average Bonchev–Trinajstić information content (AvgIpc) is 3.42. The topological polar surface area (TPSA) is 73.1 Å². The monoisotopic (exact) mass is 625 g/mol. The van der Waals surface area contributed by atoms with Gasteiger partial charge in [0.15, 0.2) is 0 Å². The molecule has 1 saturated carbocycles. The van der Waals surface area contributed by atoms with Gasteiger partial charge in [-0.25, -0.2) is 5.53 Å². The van der Waals surface area contributed by atoms with Crippen molar-refractivity contribution in [2.24, 2.45) is 16.1 Å². The fourth-order valence-electron chi connectivity index (χ4n) is 5.49. The summed E-state index contributed by atoms with van der Waals surface area (Å²) in [6, 6.07) is 4.03. The number of alkyl halides is 9. The van der Waals surface area contributed by atoms with E-state index in [1.54, 1.807) is 6.92 Å². The normalized spacial score (nSPS) is 16.7. The summed E-state index contributed by atoms with van der Waals surface area (Å²) >= 11 is 0. The lowest BCUT2D eigenvalue weighted by molar-refractivity contribution is -0.143. The maximum atomic E-state index is 13.8. The molecule has 2 aromatic rings. The Labute approximate surface area is 242 Å². The Balaban J connectivity index is 2.17. The van der Waals surface area contributed by atoms with Crippen molar-refractivity contribution < 1.29 is 44.3 Å². The van der Waals surface area contributed by atoms with Gasteiger partial charge in [-0.05, 0) is 66.3 Å². The molecule has 0 spiro atoms. The second-order valence-electron chi connectivity index (χ2n) is 10.7. The number of methoxy groups -OCH3 is 1. The predicted molar refractivity (Wildman–Crippen MR) is 140 cm³/mol. The van der Waals surface area contributed by atoms with Crippen LogP contribution < -0.4 is 5.43 Å². The zero-order chi connectivity index (χ0) is 32.2. The molecule has 15 heteroatoms. The highest BCUT2D eigenvalue weighted by Crippen LogP contribution is 2.42. The Bertz CT molecular complexity index is 1270. The van der Waals surface area contributed by atoms with Gasteiger partial charge in [0, 0.05) is 27.2 Å². The summed E-state index contributed by atoms with van der Waals surface area (Å²) < 4.78 is 128. The number of rotatable bonds is 9. The van der Waals surface area contributed by atoms with Gasteiger partial charge in [0.1, 0.15) is 0 Å². The molecule has 2 N–H and O–H groups in total. The fraction of sp³-hybridized carbons (Fsp3) is 0.536. The highest BCUT2D eigenvalue weighted by Gasteiger charge is 2.39. The fourth-order valence-corrected chi connectivity index (χ4v) is 5.49. The van der Waals surface area contributed by atoms with Crippen LogP contribution in [0.4, 0.5) is 39.5 Å². The van der Waals surface area contributed by atoms with E-state index in [9.17, 15) is 39.5 Å². The minimum atomic E-state index is -5.11. The molecule has 6 nitrogen and oxygen atoms in total. The summed E-state index contributed by atoms with van der Waals surface area (Å²) in [6.07, 6.45) is -10.7. The lowest BCUT2D eigenvalue weighted by Gasteiger charge is -2.35. The van der Waals surface area contributed by atoms with Crippen LogP contribution in [0, 0.1) is 11.4 Å². The molecule has 1 aliphatic rings. The van der Waals surface area contributed by atoms with Crippen LogP contribution >= 0.6 is 0 Å². The summed E-state index contributed by atoms with van der Waals surface area (Å²) in [5, 5.41) is 7.03. The highest BCUT2D eigenvalue weighted by atomic mass is 19.4. The second-order valence-corrected chi connectivity index (χ2v) is 10.7. The number of halogens is 9. The minimum Gasteiger partial charge on any atom is -0.374 e. The van der Waals surface area contributed by atoms with Crippen molar-refractivity contribution in [1.29, 1.82) is 5.53 Å². The lowest BCUT2D eigenvalue weighted by atomic mass is 9.82. The maximum Gasteiger partial charge on any atom is 0.416 e. The van der Waals surface area contributed by atoms with Crippen molar-refractivity contribution in [3.05, 3.63) is 69.8 Å². The molecule has 0 heterocycles. The van der Waals surface area contributed by atoms with E-state index in [1.807, 2.05) is 0 Å². The van der Waals surface area contributed by atoms with Crippen LogP contribution in [0.25, 0.3) is 0 Å².